The molecule has 7 nitrogen and oxygen atoms in total. The van der Waals surface area contributed by atoms with Crippen LogP contribution in [0.25, 0.3) is 11.0 Å². The maximum Gasteiger partial charge on any atom is 0.536 e. The molecule has 1 aromatic carbocycles. The Morgan fingerprint density at radius 1 is 1.33 bits per heavy atom. The van der Waals surface area contributed by atoms with E-state index in [1.54, 1.807) is 6.07 Å². The van der Waals surface area contributed by atoms with E-state index in [0.29, 0.717) is 10.9 Å². The third-order valence-corrected chi connectivity index (χ3v) is 3.77. The molecule has 0 aliphatic heterocycles. The third kappa shape index (κ3) is 3.57. The Bertz CT molecular complexity index is 962. The minimum Gasteiger partial charge on any atom is -0.422 e. The molecule has 1 heterocycles. The van der Waals surface area contributed by atoms with Gasteiger partial charge in [0.15, 0.2) is 0 Å². The monoisotopic (exact) mass is 365 g/mol. The van der Waals surface area contributed by atoms with E-state index in [1.165, 1.54) is 18.2 Å². The fraction of sp³-hybridized carbons (Fsp3) is 0.231. The van der Waals surface area contributed by atoms with Gasteiger partial charge in [-0.25, -0.2) is 4.79 Å². The fourth-order valence-corrected chi connectivity index (χ4v) is 2.00. The van der Waals surface area contributed by atoms with Gasteiger partial charge in [0.2, 0.25) is 0 Å². The van der Waals surface area contributed by atoms with Gasteiger partial charge < -0.3 is 9.52 Å². The number of oxime groups is 1. The zero-order valence-electron chi connectivity index (χ0n) is 12.0. The van der Waals surface area contributed by atoms with Crippen LogP contribution < -0.4 is 5.63 Å². The van der Waals surface area contributed by atoms with Crippen molar-refractivity contribution in [2.75, 3.05) is 0 Å². The molecule has 2 aromatic rings. The van der Waals surface area contributed by atoms with Crippen LogP contribution in [0, 0.1) is 0 Å². The van der Waals surface area contributed by atoms with Crippen LogP contribution in [-0.2, 0) is 21.0 Å². The van der Waals surface area contributed by atoms with Crippen LogP contribution in [0.4, 0.5) is 13.2 Å². The van der Waals surface area contributed by atoms with Crippen molar-refractivity contribution in [3.05, 3.63) is 45.8 Å². The second-order valence-electron chi connectivity index (χ2n) is 4.63. The molecule has 0 atom stereocenters. The summed E-state index contributed by atoms with van der Waals surface area (Å²) in [6.07, 6.45) is 0. The molecule has 0 bridgehead atoms. The lowest BCUT2D eigenvalue weighted by atomic mass is 10.1. The topological polar surface area (TPSA) is 106 Å². The van der Waals surface area contributed by atoms with Crippen LogP contribution in [0.2, 0.25) is 0 Å². The molecule has 0 saturated carbocycles. The quantitative estimate of drug-likeness (QED) is 0.384. The number of fused-ring (bicyclic) bond motifs is 1. The van der Waals surface area contributed by atoms with Gasteiger partial charge in [0.1, 0.15) is 5.58 Å². The molecule has 2 rings (SSSR count). The minimum atomic E-state index is -5.91. The highest BCUT2D eigenvalue weighted by Crippen LogP contribution is 2.25. The van der Waals surface area contributed by atoms with Gasteiger partial charge in [0.05, 0.1) is 17.9 Å². The number of halogens is 3. The highest BCUT2D eigenvalue weighted by molar-refractivity contribution is 7.87. The molecule has 0 saturated heterocycles. The summed E-state index contributed by atoms with van der Waals surface area (Å²) in [5, 5.41) is 12.3. The molecule has 24 heavy (non-hydrogen) atoms. The second-order valence-corrected chi connectivity index (χ2v) is 6.15. The number of rotatable bonds is 4. The summed E-state index contributed by atoms with van der Waals surface area (Å²) < 4.78 is 66.6. The molecule has 0 radical (unpaired) electrons. The van der Waals surface area contributed by atoms with Crippen molar-refractivity contribution < 1.29 is 35.4 Å². The number of benzene rings is 1. The molecule has 11 heteroatoms. The van der Waals surface area contributed by atoms with Crippen molar-refractivity contribution in [3.63, 3.8) is 0 Å². The van der Waals surface area contributed by atoms with Gasteiger partial charge in [0.25, 0.3) is 0 Å². The molecule has 1 aromatic heterocycles. The van der Waals surface area contributed by atoms with Crippen LogP contribution in [-0.4, -0.2) is 24.7 Å². The molecule has 1 N–H and O–H groups in total. The van der Waals surface area contributed by atoms with Crippen molar-refractivity contribution >= 4 is 26.8 Å². The second kappa shape index (κ2) is 6.24. The summed E-state index contributed by atoms with van der Waals surface area (Å²) in [5.74, 6) is 0. The minimum absolute atomic E-state index is 0.145. The average molecular weight is 365 g/mol. The largest absolute Gasteiger partial charge is 0.536 e. The number of alkyl halides is 3. The van der Waals surface area contributed by atoms with Crippen LogP contribution in [0.1, 0.15) is 18.1 Å². The lowest BCUT2D eigenvalue weighted by Gasteiger charge is -2.06. The van der Waals surface area contributed by atoms with E-state index in [9.17, 15) is 26.4 Å². The van der Waals surface area contributed by atoms with Crippen molar-refractivity contribution in [1.82, 2.24) is 0 Å². The van der Waals surface area contributed by atoms with Gasteiger partial charge in [-0.3, -0.25) is 4.28 Å². The lowest BCUT2D eigenvalue weighted by Crippen LogP contribution is -2.24. The molecule has 130 valence electrons. The Labute approximate surface area is 133 Å². The first-order valence-corrected chi connectivity index (χ1v) is 7.68. The summed E-state index contributed by atoms with van der Waals surface area (Å²) in [6, 6.07) is 5.72. The molecular formula is C13H10F3NO6S. The maximum atomic E-state index is 12.2. The number of aliphatic hydroxyl groups excluding tert-OH is 1. The Hall–Kier alpha value is -2.40. The summed E-state index contributed by atoms with van der Waals surface area (Å²) in [5.41, 5.74) is -6.63. The first-order chi connectivity index (χ1) is 11.0. The fourth-order valence-electron chi connectivity index (χ4n) is 1.70. The summed E-state index contributed by atoms with van der Waals surface area (Å²) >= 11 is 0. The number of hydrogen-bond acceptors (Lipinski definition) is 7. The molecule has 0 unspecified atom stereocenters. The Kier molecular flexibility index (Phi) is 4.67. The summed E-state index contributed by atoms with van der Waals surface area (Å²) in [7, 11) is -5.91. The molecular weight excluding hydrogens is 355 g/mol. The summed E-state index contributed by atoms with van der Waals surface area (Å²) in [4.78, 5) is 11.9. The lowest BCUT2D eigenvalue weighted by molar-refractivity contribution is -0.0540. The van der Waals surface area contributed by atoms with Crippen molar-refractivity contribution in [1.29, 1.82) is 0 Å². The maximum absolute atomic E-state index is 12.2. The van der Waals surface area contributed by atoms with E-state index in [-0.39, 0.29) is 17.8 Å². The normalized spacial score (nSPS) is 13.3. The third-order valence-electron chi connectivity index (χ3n) is 2.93. The highest BCUT2D eigenvalue weighted by Gasteiger charge is 2.49. The molecule has 0 aliphatic carbocycles. The molecule has 0 fully saturated rings. The van der Waals surface area contributed by atoms with Crippen LogP contribution >= 0.6 is 0 Å². The standard InChI is InChI=1S/C13H10F3NO6S/c1-7(17-23-24(20,21)13(14,15)16)10-5-9-3-2-8(6-18)4-11(9)22-12(10)19/h2-5,18H,6H2,1H3/b17-7-. The van der Waals surface area contributed by atoms with E-state index < -0.39 is 27.0 Å². The Balaban J connectivity index is 2.43. The van der Waals surface area contributed by atoms with E-state index in [2.05, 4.69) is 9.44 Å². The summed E-state index contributed by atoms with van der Waals surface area (Å²) in [6.45, 7) is 0.817. The van der Waals surface area contributed by atoms with Gasteiger partial charge in [-0.2, -0.15) is 21.6 Å². The van der Waals surface area contributed by atoms with Gasteiger partial charge in [-0.1, -0.05) is 17.3 Å². The molecule has 0 spiro atoms. The SMILES string of the molecule is C/C(=N/OS(=O)(=O)C(F)(F)F)c1cc2ccc(CO)cc2oc1=O. The van der Waals surface area contributed by atoms with E-state index in [0.717, 1.165) is 6.92 Å². The van der Waals surface area contributed by atoms with Crippen LogP contribution in [0.5, 0.6) is 0 Å². The van der Waals surface area contributed by atoms with Crippen LogP contribution in [0.3, 0.4) is 0 Å². The van der Waals surface area contributed by atoms with E-state index in [4.69, 9.17) is 9.52 Å². The molecule has 0 amide bonds. The smallest absolute Gasteiger partial charge is 0.422 e. The van der Waals surface area contributed by atoms with Crippen molar-refractivity contribution in [2.24, 2.45) is 5.16 Å². The predicted molar refractivity (Wildman–Crippen MR) is 76.7 cm³/mol. The number of hydrogen-bond donors (Lipinski definition) is 1. The number of nitrogens with zero attached hydrogens (tertiary/aromatic N) is 1. The first kappa shape index (κ1) is 17.9. The zero-order chi connectivity index (χ0) is 18.1. The number of aliphatic hydroxyl groups is 1. The Morgan fingerprint density at radius 3 is 2.58 bits per heavy atom. The van der Waals surface area contributed by atoms with Gasteiger partial charge in [0, 0.05) is 5.39 Å². The average Bonchev–Trinajstić information content (AvgIpc) is 2.50. The van der Waals surface area contributed by atoms with E-state index >= 15 is 0 Å². The van der Waals surface area contributed by atoms with E-state index in [1.807, 2.05) is 0 Å². The van der Waals surface area contributed by atoms with Crippen molar-refractivity contribution in [3.8, 4) is 0 Å². The van der Waals surface area contributed by atoms with Gasteiger partial charge in [-0.05, 0) is 24.6 Å². The Morgan fingerprint density at radius 2 is 2.00 bits per heavy atom. The highest BCUT2D eigenvalue weighted by atomic mass is 32.2. The van der Waals surface area contributed by atoms with Crippen LogP contribution in [0.15, 0.2) is 38.6 Å². The van der Waals surface area contributed by atoms with Gasteiger partial charge >= 0.3 is 21.3 Å². The first-order valence-electron chi connectivity index (χ1n) is 6.27. The zero-order valence-corrected chi connectivity index (χ0v) is 12.8. The van der Waals surface area contributed by atoms with Crippen molar-refractivity contribution in [2.45, 2.75) is 19.0 Å². The predicted octanol–water partition coefficient (Wildman–Crippen LogP) is 1.88. The van der Waals surface area contributed by atoms with Gasteiger partial charge in [-0.15, -0.1) is 0 Å². The molecule has 0 aliphatic rings.